The first-order chi connectivity index (χ1) is 13.7. The van der Waals surface area contributed by atoms with E-state index < -0.39 is 0 Å². The Kier molecular flexibility index (Phi) is 8.50. The molecule has 0 amide bonds. The molecule has 0 radical (unpaired) electrons. The molecule has 0 unspecified atom stereocenters. The Morgan fingerprint density at radius 3 is 2.10 bits per heavy atom. The molecule has 9 heteroatoms. The lowest BCUT2D eigenvalue weighted by molar-refractivity contribution is 0.174. The molecular formula is C20H26IN3O5. The lowest BCUT2D eigenvalue weighted by Crippen LogP contribution is -2.36. The van der Waals surface area contributed by atoms with Gasteiger partial charge in [0.15, 0.2) is 29.0 Å². The molecule has 1 aliphatic heterocycles. The van der Waals surface area contributed by atoms with Gasteiger partial charge in [0.25, 0.3) is 0 Å². The molecule has 1 heterocycles. The minimum Gasteiger partial charge on any atom is -0.493 e. The summed E-state index contributed by atoms with van der Waals surface area (Å²) in [4.78, 5) is 4.26. The van der Waals surface area contributed by atoms with Gasteiger partial charge >= 0.3 is 0 Å². The van der Waals surface area contributed by atoms with Crippen molar-refractivity contribution >= 4 is 29.9 Å². The molecule has 0 atom stereocenters. The summed E-state index contributed by atoms with van der Waals surface area (Å²) in [6.45, 7) is 1.41. The Morgan fingerprint density at radius 1 is 0.897 bits per heavy atom. The number of ether oxygens (including phenoxy) is 5. The molecule has 158 valence electrons. The number of guanidine groups is 1. The maximum absolute atomic E-state index is 5.41. The monoisotopic (exact) mass is 515 g/mol. The van der Waals surface area contributed by atoms with Crippen LogP contribution < -0.4 is 34.3 Å². The van der Waals surface area contributed by atoms with E-state index in [1.807, 2.05) is 30.3 Å². The van der Waals surface area contributed by atoms with Gasteiger partial charge in [0.2, 0.25) is 12.5 Å². The van der Waals surface area contributed by atoms with E-state index in [2.05, 4.69) is 15.6 Å². The van der Waals surface area contributed by atoms with Gasteiger partial charge < -0.3 is 34.3 Å². The van der Waals surface area contributed by atoms with Crippen molar-refractivity contribution < 1.29 is 23.7 Å². The molecular weight excluding hydrogens is 489 g/mol. The van der Waals surface area contributed by atoms with Crippen molar-refractivity contribution in [2.24, 2.45) is 4.99 Å². The number of halogens is 1. The third kappa shape index (κ3) is 5.49. The smallest absolute Gasteiger partial charge is 0.231 e. The fraction of sp³-hybridized carbons (Fsp3) is 0.350. The summed E-state index contributed by atoms with van der Waals surface area (Å²) >= 11 is 0. The van der Waals surface area contributed by atoms with Crippen molar-refractivity contribution in [3.8, 4) is 28.7 Å². The summed E-state index contributed by atoms with van der Waals surface area (Å²) in [5.74, 6) is 4.00. The standard InChI is InChI=1S/C20H25N3O5.HI/c1-21-20(22-10-13-5-6-15-16(7-13)28-12-27-15)23-11-14-8-17(24-2)19(26-4)18(9-14)25-3;/h5-9H,10-12H2,1-4H3,(H2,21,22,23);1H. The third-order valence-corrected chi connectivity index (χ3v) is 4.31. The summed E-state index contributed by atoms with van der Waals surface area (Å²) in [5, 5.41) is 6.56. The highest BCUT2D eigenvalue weighted by atomic mass is 127. The zero-order chi connectivity index (χ0) is 19.9. The van der Waals surface area contributed by atoms with Crippen molar-refractivity contribution in [2.75, 3.05) is 35.2 Å². The Balaban J connectivity index is 0.00000300. The molecule has 2 N–H and O–H groups in total. The predicted octanol–water partition coefficient (Wildman–Crippen LogP) is 2.92. The van der Waals surface area contributed by atoms with Crippen LogP contribution in [0.15, 0.2) is 35.3 Å². The summed E-state index contributed by atoms with van der Waals surface area (Å²) in [5.41, 5.74) is 2.04. The van der Waals surface area contributed by atoms with Gasteiger partial charge in [0, 0.05) is 20.1 Å². The van der Waals surface area contributed by atoms with Gasteiger partial charge in [-0.05, 0) is 35.4 Å². The first-order valence-electron chi connectivity index (χ1n) is 8.80. The summed E-state index contributed by atoms with van der Waals surface area (Å²) < 4.78 is 26.9. The van der Waals surface area contributed by atoms with Crippen molar-refractivity contribution in [1.29, 1.82) is 0 Å². The highest BCUT2D eigenvalue weighted by Crippen LogP contribution is 2.38. The topological polar surface area (TPSA) is 82.6 Å². The molecule has 2 aromatic rings. The van der Waals surface area contributed by atoms with E-state index in [0.29, 0.717) is 36.3 Å². The van der Waals surface area contributed by atoms with Crippen LogP contribution in [0.5, 0.6) is 28.7 Å². The van der Waals surface area contributed by atoms with E-state index in [-0.39, 0.29) is 30.8 Å². The fourth-order valence-corrected chi connectivity index (χ4v) is 2.88. The van der Waals surface area contributed by atoms with Crippen LogP contribution in [0.4, 0.5) is 0 Å². The molecule has 29 heavy (non-hydrogen) atoms. The van der Waals surface area contributed by atoms with Gasteiger partial charge in [-0.25, -0.2) is 0 Å². The maximum Gasteiger partial charge on any atom is 0.231 e. The van der Waals surface area contributed by atoms with E-state index >= 15 is 0 Å². The average Bonchev–Trinajstić information content (AvgIpc) is 3.20. The lowest BCUT2D eigenvalue weighted by Gasteiger charge is -2.16. The van der Waals surface area contributed by atoms with Crippen molar-refractivity contribution in [1.82, 2.24) is 10.6 Å². The number of hydrogen-bond acceptors (Lipinski definition) is 6. The second-order valence-corrected chi connectivity index (χ2v) is 6.00. The SMILES string of the molecule is CN=C(NCc1ccc2c(c1)OCO2)NCc1cc(OC)c(OC)c(OC)c1.I. The van der Waals surface area contributed by atoms with E-state index in [4.69, 9.17) is 23.7 Å². The minimum absolute atomic E-state index is 0. The van der Waals surface area contributed by atoms with Gasteiger partial charge in [0.1, 0.15) is 0 Å². The van der Waals surface area contributed by atoms with Crippen LogP contribution in [0.2, 0.25) is 0 Å². The Hall–Kier alpha value is -2.56. The highest BCUT2D eigenvalue weighted by Gasteiger charge is 2.14. The molecule has 2 aromatic carbocycles. The second kappa shape index (κ2) is 10.8. The van der Waals surface area contributed by atoms with Gasteiger partial charge in [0.05, 0.1) is 21.3 Å². The molecule has 0 bridgehead atoms. The van der Waals surface area contributed by atoms with Gasteiger partial charge in [-0.3, -0.25) is 4.99 Å². The van der Waals surface area contributed by atoms with Gasteiger partial charge in [-0.2, -0.15) is 0 Å². The Morgan fingerprint density at radius 2 is 1.52 bits per heavy atom. The highest BCUT2D eigenvalue weighted by molar-refractivity contribution is 14.0. The number of nitrogens with zero attached hydrogens (tertiary/aromatic N) is 1. The molecule has 0 fully saturated rings. The number of benzene rings is 2. The number of hydrogen-bond donors (Lipinski definition) is 2. The predicted molar refractivity (Wildman–Crippen MR) is 121 cm³/mol. The molecule has 0 aliphatic carbocycles. The molecule has 8 nitrogen and oxygen atoms in total. The van der Waals surface area contributed by atoms with E-state index in [1.54, 1.807) is 28.4 Å². The Bertz CT molecular complexity index is 835. The number of methoxy groups -OCH3 is 3. The quantitative estimate of drug-likeness (QED) is 0.334. The van der Waals surface area contributed by atoms with Crippen LogP contribution in [0.3, 0.4) is 0 Å². The van der Waals surface area contributed by atoms with Crippen molar-refractivity contribution in [3.05, 3.63) is 41.5 Å². The fourth-order valence-electron chi connectivity index (χ4n) is 2.88. The number of rotatable bonds is 7. The number of aliphatic imine (C=N–C) groups is 1. The van der Waals surface area contributed by atoms with Crippen LogP contribution in [-0.4, -0.2) is 41.1 Å². The zero-order valence-electron chi connectivity index (χ0n) is 16.9. The first kappa shape index (κ1) is 22.7. The van der Waals surface area contributed by atoms with E-state index in [0.717, 1.165) is 22.6 Å². The molecule has 0 spiro atoms. The van der Waals surface area contributed by atoms with Crippen LogP contribution in [0.25, 0.3) is 0 Å². The summed E-state index contributed by atoms with van der Waals surface area (Å²) in [6, 6.07) is 9.67. The Labute approximate surface area is 187 Å². The molecule has 0 aromatic heterocycles. The zero-order valence-corrected chi connectivity index (χ0v) is 19.2. The second-order valence-electron chi connectivity index (χ2n) is 6.00. The number of nitrogens with one attached hydrogen (secondary N) is 2. The summed E-state index contributed by atoms with van der Waals surface area (Å²) in [6.07, 6.45) is 0. The normalized spacial score (nSPS) is 12.1. The van der Waals surface area contributed by atoms with Crippen molar-refractivity contribution in [2.45, 2.75) is 13.1 Å². The van der Waals surface area contributed by atoms with Crippen LogP contribution in [0.1, 0.15) is 11.1 Å². The van der Waals surface area contributed by atoms with Crippen LogP contribution >= 0.6 is 24.0 Å². The first-order valence-corrected chi connectivity index (χ1v) is 8.80. The van der Waals surface area contributed by atoms with Crippen LogP contribution in [0, 0.1) is 0 Å². The van der Waals surface area contributed by atoms with E-state index in [1.165, 1.54) is 0 Å². The lowest BCUT2D eigenvalue weighted by atomic mass is 10.1. The van der Waals surface area contributed by atoms with Gasteiger partial charge in [-0.1, -0.05) is 6.07 Å². The van der Waals surface area contributed by atoms with Crippen molar-refractivity contribution in [3.63, 3.8) is 0 Å². The average molecular weight is 515 g/mol. The maximum atomic E-state index is 5.41. The molecule has 3 rings (SSSR count). The molecule has 0 saturated heterocycles. The number of fused-ring (bicyclic) bond motifs is 1. The minimum atomic E-state index is 0. The molecule has 1 aliphatic rings. The summed E-state index contributed by atoms with van der Waals surface area (Å²) in [7, 11) is 6.51. The molecule has 0 saturated carbocycles. The van der Waals surface area contributed by atoms with Gasteiger partial charge in [-0.15, -0.1) is 24.0 Å². The largest absolute Gasteiger partial charge is 0.493 e. The van der Waals surface area contributed by atoms with E-state index in [9.17, 15) is 0 Å². The van der Waals surface area contributed by atoms with Crippen LogP contribution in [-0.2, 0) is 13.1 Å². The third-order valence-electron chi connectivity index (χ3n) is 4.31.